The Kier molecular flexibility index (Phi) is 2.40. The molecule has 9 heavy (non-hydrogen) atoms. The molecule has 0 saturated heterocycles. The van der Waals surface area contributed by atoms with Crippen LogP contribution in [0.15, 0.2) is 0 Å². The first-order chi connectivity index (χ1) is 4.33. The van der Waals surface area contributed by atoms with E-state index in [1.807, 2.05) is 6.42 Å². The predicted molar refractivity (Wildman–Crippen MR) is 37.9 cm³/mol. The first kappa shape index (κ1) is 6.94. The zero-order valence-corrected chi connectivity index (χ0v) is 6.01. The fraction of sp³-hybridized carbons (Fsp3) is 0.875. The SMILES string of the molecule is CC[C@@H]1CC[CH+][C@@H](O)C1. The summed E-state index contributed by atoms with van der Waals surface area (Å²) in [6, 6.07) is 0. The number of aliphatic hydroxyl groups excluding tert-OH is 1. The van der Waals surface area contributed by atoms with Gasteiger partial charge in [-0.1, -0.05) is 13.3 Å². The van der Waals surface area contributed by atoms with E-state index in [9.17, 15) is 0 Å². The van der Waals surface area contributed by atoms with Crippen molar-refractivity contribution in [3.63, 3.8) is 0 Å². The van der Waals surface area contributed by atoms with Gasteiger partial charge < -0.3 is 5.11 Å². The molecule has 0 bridgehead atoms. The van der Waals surface area contributed by atoms with E-state index in [-0.39, 0.29) is 6.10 Å². The molecule has 0 heterocycles. The van der Waals surface area contributed by atoms with Gasteiger partial charge in [-0.05, 0) is 12.3 Å². The molecule has 1 rings (SSSR count). The van der Waals surface area contributed by atoms with Gasteiger partial charge in [-0.2, -0.15) is 0 Å². The van der Waals surface area contributed by atoms with Crippen molar-refractivity contribution in [1.29, 1.82) is 0 Å². The molecule has 1 fully saturated rings. The third kappa shape index (κ3) is 1.90. The quantitative estimate of drug-likeness (QED) is 0.532. The fourth-order valence-corrected chi connectivity index (χ4v) is 1.45. The van der Waals surface area contributed by atoms with E-state index >= 15 is 0 Å². The summed E-state index contributed by atoms with van der Waals surface area (Å²) in [6.45, 7) is 2.20. The molecule has 0 aromatic rings. The van der Waals surface area contributed by atoms with Gasteiger partial charge in [-0.15, -0.1) is 0 Å². The number of aliphatic hydroxyl groups is 1. The van der Waals surface area contributed by atoms with Gasteiger partial charge in [-0.3, -0.25) is 0 Å². The van der Waals surface area contributed by atoms with Gasteiger partial charge in [0.25, 0.3) is 0 Å². The van der Waals surface area contributed by atoms with Crippen molar-refractivity contribution in [3.8, 4) is 0 Å². The van der Waals surface area contributed by atoms with Crippen molar-refractivity contribution in [2.24, 2.45) is 5.92 Å². The lowest BCUT2D eigenvalue weighted by Crippen LogP contribution is -2.19. The van der Waals surface area contributed by atoms with Crippen molar-refractivity contribution >= 4 is 0 Å². The third-order valence-electron chi connectivity index (χ3n) is 2.17. The lowest BCUT2D eigenvalue weighted by Gasteiger charge is -2.17. The minimum absolute atomic E-state index is 0.108. The van der Waals surface area contributed by atoms with Gasteiger partial charge in [0.05, 0.1) is 6.42 Å². The molecule has 1 aliphatic rings. The van der Waals surface area contributed by atoms with Crippen LogP contribution in [0.4, 0.5) is 0 Å². The van der Waals surface area contributed by atoms with Crippen LogP contribution < -0.4 is 0 Å². The smallest absolute Gasteiger partial charge is 0.194 e. The number of hydrogen-bond donors (Lipinski definition) is 1. The second kappa shape index (κ2) is 3.11. The monoisotopic (exact) mass is 127 g/mol. The predicted octanol–water partition coefficient (Wildman–Crippen LogP) is 1.76. The average Bonchev–Trinajstić information content (AvgIpc) is 1.88. The highest BCUT2D eigenvalue weighted by molar-refractivity contribution is 4.83. The van der Waals surface area contributed by atoms with E-state index in [1.165, 1.54) is 12.8 Å². The van der Waals surface area contributed by atoms with Crippen LogP contribution in [0.25, 0.3) is 0 Å². The Hall–Kier alpha value is -0.170. The minimum atomic E-state index is -0.108. The second-order valence-corrected chi connectivity index (χ2v) is 2.89. The summed E-state index contributed by atoms with van der Waals surface area (Å²) in [4.78, 5) is 0. The fourth-order valence-electron chi connectivity index (χ4n) is 1.45. The molecular weight excluding hydrogens is 112 g/mol. The normalized spacial score (nSPS) is 35.8. The van der Waals surface area contributed by atoms with Crippen LogP contribution in [0, 0.1) is 12.3 Å². The minimum Gasteiger partial charge on any atom is -0.353 e. The van der Waals surface area contributed by atoms with Crippen LogP contribution in [0.2, 0.25) is 0 Å². The highest BCUT2D eigenvalue weighted by atomic mass is 16.3. The zero-order valence-electron chi connectivity index (χ0n) is 6.01. The van der Waals surface area contributed by atoms with Gasteiger partial charge >= 0.3 is 0 Å². The van der Waals surface area contributed by atoms with Crippen molar-refractivity contribution in [1.82, 2.24) is 0 Å². The molecule has 1 heteroatoms. The van der Waals surface area contributed by atoms with Gasteiger partial charge in [0.15, 0.2) is 6.10 Å². The molecule has 0 unspecified atom stereocenters. The Labute approximate surface area is 57.1 Å². The highest BCUT2D eigenvalue weighted by Gasteiger charge is 2.24. The molecule has 1 N–H and O–H groups in total. The molecule has 1 aliphatic carbocycles. The van der Waals surface area contributed by atoms with Gasteiger partial charge in [0.1, 0.15) is 6.42 Å². The summed E-state index contributed by atoms with van der Waals surface area (Å²) in [7, 11) is 0. The standard InChI is InChI=1S/C8H15O/c1-2-7-4-3-5-8(9)6-7/h5,7-9H,2-4,6H2,1H3/q+1/t7-,8-/m1/s1. The van der Waals surface area contributed by atoms with Gasteiger partial charge in [0, 0.05) is 6.42 Å². The number of rotatable bonds is 1. The van der Waals surface area contributed by atoms with Crippen LogP contribution in [-0.4, -0.2) is 11.2 Å². The van der Waals surface area contributed by atoms with Crippen LogP contribution in [0.3, 0.4) is 0 Å². The van der Waals surface area contributed by atoms with Crippen molar-refractivity contribution in [2.75, 3.05) is 0 Å². The molecule has 1 nitrogen and oxygen atoms in total. The summed E-state index contributed by atoms with van der Waals surface area (Å²) in [5, 5.41) is 9.16. The van der Waals surface area contributed by atoms with E-state index in [2.05, 4.69) is 6.92 Å². The summed E-state index contributed by atoms with van der Waals surface area (Å²) in [5.41, 5.74) is 0. The highest BCUT2D eigenvalue weighted by Crippen LogP contribution is 2.25. The molecule has 52 valence electrons. The van der Waals surface area contributed by atoms with Crippen LogP contribution in [0.5, 0.6) is 0 Å². The Morgan fingerprint density at radius 2 is 2.44 bits per heavy atom. The zero-order chi connectivity index (χ0) is 6.69. The summed E-state index contributed by atoms with van der Waals surface area (Å²) >= 11 is 0. The van der Waals surface area contributed by atoms with Crippen LogP contribution >= 0.6 is 0 Å². The van der Waals surface area contributed by atoms with E-state index in [0.717, 1.165) is 18.8 Å². The van der Waals surface area contributed by atoms with Crippen LogP contribution in [0.1, 0.15) is 32.6 Å². The summed E-state index contributed by atoms with van der Waals surface area (Å²) < 4.78 is 0. The van der Waals surface area contributed by atoms with Crippen molar-refractivity contribution in [3.05, 3.63) is 6.42 Å². The average molecular weight is 127 g/mol. The molecule has 2 atom stereocenters. The Balaban J connectivity index is 2.23. The molecular formula is C8H15O+. The number of hydrogen-bond acceptors (Lipinski definition) is 1. The van der Waals surface area contributed by atoms with E-state index < -0.39 is 0 Å². The van der Waals surface area contributed by atoms with Gasteiger partial charge in [-0.25, -0.2) is 0 Å². The second-order valence-electron chi connectivity index (χ2n) is 2.89. The third-order valence-corrected chi connectivity index (χ3v) is 2.17. The van der Waals surface area contributed by atoms with Crippen molar-refractivity contribution < 1.29 is 5.11 Å². The van der Waals surface area contributed by atoms with Crippen molar-refractivity contribution in [2.45, 2.75) is 38.7 Å². The van der Waals surface area contributed by atoms with E-state index in [0.29, 0.717) is 0 Å². The molecule has 0 radical (unpaired) electrons. The molecule has 0 aromatic carbocycles. The summed E-state index contributed by atoms with van der Waals surface area (Å²) in [5.74, 6) is 0.782. The maximum absolute atomic E-state index is 9.16. The molecule has 0 aliphatic heterocycles. The lowest BCUT2D eigenvalue weighted by molar-refractivity contribution is 0.142. The van der Waals surface area contributed by atoms with Crippen LogP contribution in [-0.2, 0) is 0 Å². The maximum atomic E-state index is 9.16. The topological polar surface area (TPSA) is 20.2 Å². The molecule has 0 amide bonds. The Morgan fingerprint density at radius 3 is 2.89 bits per heavy atom. The first-order valence-corrected chi connectivity index (χ1v) is 3.84. The largest absolute Gasteiger partial charge is 0.353 e. The summed E-state index contributed by atoms with van der Waals surface area (Å²) in [6.07, 6.45) is 6.53. The Bertz CT molecular complexity index is 80.6. The molecule has 0 spiro atoms. The molecule has 1 saturated carbocycles. The molecule has 0 aromatic heterocycles. The lowest BCUT2D eigenvalue weighted by atomic mass is 9.86. The first-order valence-electron chi connectivity index (χ1n) is 3.84. The van der Waals surface area contributed by atoms with E-state index in [1.54, 1.807) is 0 Å². The van der Waals surface area contributed by atoms with E-state index in [4.69, 9.17) is 5.11 Å². The Morgan fingerprint density at radius 1 is 1.67 bits per heavy atom. The maximum Gasteiger partial charge on any atom is 0.194 e. The van der Waals surface area contributed by atoms with Gasteiger partial charge in [0.2, 0.25) is 0 Å².